The minimum atomic E-state index is -0.218. The number of aromatic nitrogens is 2. The van der Waals surface area contributed by atoms with Gasteiger partial charge in [0.1, 0.15) is 0 Å². The molecular formula is C19H17Cl2N3O2S. The number of hydrogen-bond donors (Lipinski definition) is 1. The van der Waals surface area contributed by atoms with Crippen molar-refractivity contribution >= 4 is 40.9 Å². The van der Waals surface area contributed by atoms with Crippen LogP contribution in [0.2, 0.25) is 10.0 Å². The van der Waals surface area contributed by atoms with Gasteiger partial charge < -0.3 is 9.84 Å². The highest BCUT2D eigenvalue weighted by Crippen LogP contribution is 2.27. The summed E-state index contributed by atoms with van der Waals surface area (Å²) in [6.07, 6.45) is 0.693. The summed E-state index contributed by atoms with van der Waals surface area (Å²) in [6, 6.07) is 14.6. The highest BCUT2D eigenvalue weighted by atomic mass is 35.5. The number of thioether (sulfide) groups is 1. The third-order valence-electron chi connectivity index (χ3n) is 3.74. The van der Waals surface area contributed by atoms with E-state index in [0.717, 1.165) is 10.5 Å². The van der Waals surface area contributed by atoms with Gasteiger partial charge in [0.25, 0.3) is 0 Å². The fraction of sp³-hybridized carbons (Fsp3) is 0.211. The summed E-state index contributed by atoms with van der Waals surface area (Å²) in [5.74, 6) is 0.724. The molecule has 3 rings (SSSR count). The second-order valence-corrected chi connectivity index (χ2v) is 7.85. The first-order valence-electron chi connectivity index (χ1n) is 8.33. The highest BCUT2D eigenvalue weighted by molar-refractivity contribution is 8.00. The van der Waals surface area contributed by atoms with Crippen molar-refractivity contribution in [1.82, 2.24) is 15.5 Å². The van der Waals surface area contributed by atoms with Crippen molar-refractivity contribution in [3.8, 4) is 11.4 Å². The van der Waals surface area contributed by atoms with Crippen LogP contribution in [-0.2, 0) is 11.3 Å². The minimum absolute atomic E-state index is 0.0799. The number of rotatable bonds is 7. The molecule has 1 aromatic heterocycles. The normalized spacial score (nSPS) is 12.0. The van der Waals surface area contributed by atoms with Gasteiger partial charge in [-0.2, -0.15) is 4.98 Å². The van der Waals surface area contributed by atoms with E-state index in [-0.39, 0.29) is 17.7 Å². The van der Waals surface area contributed by atoms with E-state index in [2.05, 4.69) is 15.5 Å². The molecule has 0 fully saturated rings. The van der Waals surface area contributed by atoms with E-state index in [1.807, 2.05) is 43.3 Å². The van der Waals surface area contributed by atoms with Gasteiger partial charge in [-0.3, -0.25) is 4.79 Å². The van der Waals surface area contributed by atoms with Gasteiger partial charge in [0.2, 0.25) is 17.6 Å². The summed E-state index contributed by atoms with van der Waals surface area (Å²) < 4.78 is 5.21. The third-order valence-corrected chi connectivity index (χ3v) is 5.62. The molecule has 0 aliphatic heterocycles. The first kappa shape index (κ1) is 19.7. The highest BCUT2D eigenvalue weighted by Gasteiger charge is 2.19. The zero-order chi connectivity index (χ0) is 19.2. The Labute approximate surface area is 171 Å². The van der Waals surface area contributed by atoms with Crippen LogP contribution in [-0.4, -0.2) is 21.3 Å². The van der Waals surface area contributed by atoms with Crippen LogP contribution in [0, 0.1) is 0 Å². The monoisotopic (exact) mass is 421 g/mol. The summed E-state index contributed by atoms with van der Waals surface area (Å²) >= 11 is 13.3. The number of halogens is 2. The van der Waals surface area contributed by atoms with Crippen LogP contribution in [0.25, 0.3) is 11.4 Å². The number of carbonyl (C=O) groups is 1. The molecule has 5 nitrogen and oxygen atoms in total. The van der Waals surface area contributed by atoms with Crippen LogP contribution >= 0.6 is 35.0 Å². The number of hydrogen-bond acceptors (Lipinski definition) is 5. The van der Waals surface area contributed by atoms with Crippen LogP contribution < -0.4 is 5.32 Å². The lowest BCUT2D eigenvalue weighted by Crippen LogP contribution is -2.31. The predicted molar refractivity (Wildman–Crippen MR) is 108 cm³/mol. The molecule has 0 aliphatic carbocycles. The molecule has 140 valence electrons. The van der Waals surface area contributed by atoms with E-state index in [9.17, 15) is 4.79 Å². The fourth-order valence-corrected chi connectivity index (χ4v) is 3.55. The minimum Gasteiger partial charge on any atom is -0.346 e. The lowest BCUT2D eigenvalue weighted by Gasteiger charge is -2.13. The first-order valence-corrected chi connectivity index (χ1v) is 9.97. The maximum atomic E-state index is 12.5. The van der Waals surface area contributed by atoms with E-state index in [0.29, 0.717) is 28.2 Å². The molecule has 1 N–H and O–H groups in total. The molecule has 0 spiro atoms. The Kier molecular flexibility index (Phi) is 6.77. The number of nitrogens with one attached hydrogen (secondary N) is 1. The second-order valence-electron chi connectivity index (χ2n) is 5.71. The summed E-state index contributed by atoms with van der Waals surface area (Å²) in [6.45, 7) is 2.15. The number of carbonyl (C=O) groups excluding carboxylic acids is 1. The topological polar surface area (TPSA) is 68.0 Å². The van der Waals surface area contributed by atoms with E-state index in [1.54, 1.807) is 12.1 Å². The molecule has 0 saturated heterocycles. The van der Waals surface area contributed by atoms with E-state index in [1.165, 1.54) is 11.8 Å². The maximum Gasteiger partial charge on any atom is 0.246 e. The van der Waals surface area contributed by atoms with Crippen molar-refractivity contribution in [3.63, 3.8) is 0 Å². The van der Waals surface area contributed by atoms with Gasteiger partial charge in [-0.15, -0.1) is 11.8 Å². The molecule has 0 bridgehead atoms. The molecule has 0 radical (unpaired) electrons. The molecule has 2 aromatic carbocycles. The van der Waals surface area contributed by atoms with Gasteiger partial charge in [0.15, 0.2) is 0 Å². The van der Waals surface area contributed by atoms with Crippen LogP contribution in [0.1, 0.15) is 19.2 Å². The Morgan fingerprint density at radius 2 is 1.74 bits per heavy atom. The van der Waals surface area contributed by atoms with Gasteiger partial charge in [-0.25, -0.2) is 0 Å². The Morgan fingerprint density at radius 1 is 1.11 bits per heavy atom. The fourth-order valence-electron chi connectivity index (χ4n) is 2.32. The van der Waals surface area contributed by atoms with Crippen LogP contribution in [0.4, 0.5) is 0 Å². The van der Waals surface area contributed by atoms with Crippen molar-refractivity contribution in [3.05, 3.63) is 64.5 Å². The summed E-state index contributed by atoms with van der Waals surface area (Å²) in [5.41, 5.74) is 0.797. The lowest BCUT2D eigenvalue weighted by atomic mass is 10.2. The SMILES string of the molecule is CC[C@@H](Sc1ccc(Cl)cc1)C(=O)NCc1nc(-c2ccc(Cl)cc2)no1. The molecule has 1 heterocycles. The molecule has 0 unspecified atom stereocenters. The smallest absolute Gasteiger partial charge is 0.246 e. The van der Waals surface area contributed by atoms with Crippen molar-refractivity contribution in [2.75, 3.05) is 0 Å². The predicted octanol–water partition coefficient (Wildman–Crippen LogP) is 5.23. The number of benzene rings is 2. The van der Waals surface area contributed by atoms with Crippen LogP contribution in [0.3, 0.4) is 0 Å². The van der Waals surface area contributed by atoms with E-state index < -0.39 is 0 Å². The number of amides is 1. The Morgan fingerprint density at radius 3 is 2.37 bits per heavy atom. The first-order chi connectivity index (χ1) is 13.0. The summed E-state index contributed by atoms with van der Waals surface area (Å²) in [4.78, 5) is 17.8. The lowest BCUT2D eigenvalue weighted by molar-refractivity contribution is -0.120. The molecule has 0 saturated carbocycles. The van der Waals surface area contributed by atoms with Crippen molar-refractivity contribution in [2.24, 2.45) is 0 Å². The zero-order valence-electron chi connectivity index (χ0n) is 14.5. The zero-order valence-corrected chi connectivity index (χ0v) is 16.8. The Hall–Kier alpha value is -2.02. The Bertz CT molecular complexity index is 898. The average Bonchev–Trinajstić information content (AvgIpc) is 3.15. The van der Waals surface area contributed by atoms with E-state index in [4.69, 9.17) is 27.7 Å². The largest absolute Gasteiger partial charge is 0.346 e. The average molecular weight is 422 g/mol. The molecule has 27 heavy (non-hydrogen) atoms. The quantitative estimate of drug-likeness (QED) is 0.528. The summed E-state index contributed by atoms with van der Waals surface area (Å²) in [7, 11) is 0. The van der Waals surface area contributed by atoms with Gasteiger partial charge >= 0.3 is 0 Å². The third kappa shape index (κ3) is 5.48. The van der Waals surface area contributed by atoms with Crippen LogP contribution in [0.5, 0.6) is 0 Å². The molecule has 1 amide bonds. The molecule has 3 aromatic rings. The van der Waals surface area contributed by atoms with E-state index >= 15 is 0 Å². The number of nitrogens with zero attached hydrogens (tertiary/aromatic N) is 2. The molecular weight excluding hydrogens is 405 g/mol. The molecule has 0 aliphatic rings. The van der Waals surface area contributed by atoms with Crippen LogP contribution in [0.15, 0.2) is 57.9 Å². The maximum absolute atomic E-state index is 12.5. The second kappa shape index (κ2) is 9.26. The van der Waals surface area contributed by atoms with Gasteiger partial charge in [0, 0.05) is 20.5 Å². The van der Waals surface area contributed by atoms with Crippen molar-refractivity contribution in [2.45, 2.75) is 30.0 Å². The van der Waals surface area contributed by atoms with Crippen molar-refractivity contribution in [1.29, 1.82) is 0 Å². The standard InChI is InChI=1S/C19H17Cl2N3O2S/c1-2-16(27-15-9-7-14(21)8-10-15)19(25)22-11-17-23-18(24-26-17)12-3-5-13(20)6-4-12/h3-10,16H,2,11H2,1H3,(H,22,25)/t16-/m1/s1. The van der Waals surface area contributed by atoms with Gasteiger partial charge in [0.05, 0.1) is 11.8 Å². The van der Waals surface area contributed by atoms with Gasteiger partial charge in [-0.05, 0) is 55.0 Å². The molecule has 8 heteroatoms. The van der Waals surface area contributed by atoms with Crippen molar-refractivity contribution < 1.29 is 9.32 Å². The summed E-state index contributed by atoms with van der Waals surface area (Å²) in [5, 5.41) is 7.88. The van der Waals surface area contributed by atoms with Gasteiger partial charge in [-0.1, -0.05) is 35.3 Å². The Balaban J connectivity index is 1.57. The molecule has 1 atom stereocenters.